The number of carbonyl (C=O) groups is 1. The molecule has 0 atom stereocenters. The van der Waals surface area contributed by atoms with E-state index in [1.54, 1.807) is 0 Å². The molecule has 0 aliphatic heterocycles. The molecule has 0 saturated heterocycles. The molecule has 0 aliphatic carbocycles. The quantitative estimate of drug-likeness (QED) is 0.896. The lowest BCUT2D eigenvalue weighted by atomic mass is 10.1. The van der Waals surface area contributed by atoms with Gasteiger partial charge in [0.05, 0.1) is 5.56 Å². The van der Waals surface area contributed by atoms with E-state index in [9.17, 15) is 4.79 Å². The molecule has 0 spiro atoms. The maximum absolute atomic E-state index is 12.2. The number of anilines is 2. The van der Waals surface area contributed by atoms with Gasteiger partial charge in [0.15, 0.2) is 0 Å². The predicted octanol–water partition coefficient (Wildman–Crippen LogP) is 4.05. The van der Waals surface area contributed by atoms with Gasteiger partial charge in [-0.1, -0.05) is 22.0 Å². The number of carbonyl (C=O) groups excluding carboxylic acids is 1. The molecule has 0 radical (unpaired) electrons. The van der Waals surface area contributed by atoms with Gasteiger partial charge in [0.1, 0.15) is 0 Å². The minimum atomic E-state index is -0.119. The lowest BCUT2D eigenvalue weighted by Gasteiger charge is -2.10. The van der Waals surface area contributed by atoms with Crippen LogP contribution in [-0.2, 0) is 0 Å². The molecule has 0 saturated carbocycles. The molecule has 19 heavy (non-hydrogen) atoms. The average Bonchev–Trinajstić information content (AvgIpc) is 2.41. The zero-order chi connectivity index (χ0) is 13.8. The van der Waals surface area contributed by atoms with Crippen molar-refractivity contribution in [1.82, 2.24) is 0 Å². The Morgan fingerprint density at radius 2 is 1.79 bits per heavy atom. The third-order valence-electron chi connectivity index (χ3n) is 2.79. The molecule has 0 unspecified atom stereocenters. The first-order valence-electron chi connectivity index (χ1n) is 5.95. The number of hydrogen-bond donors (Lipinski definition) is 2. The molecular formula is C15H15BrN2O. The molecule has 2 rings (SSSR count). The smallest absolute Gasteiger partial charge is 0.257 e. The number of hydrogen-bond acceptors (Lipinski definition) is 2. The van der Waals surface area contributed by atoms with Gasteiger partial charge in [-0.2, -0.15) is 0 Å². The highest BCUT2D eigenvalue weighted by molar-refractivity contribution is 9.10. The summed E-state index contributed by atoms with van der Waals surface area (Å²) in [6.45, 7) is 2.00. The number of amides is 1. The van der Waals surface area contributed by atoms with Crippen LogP contribution in [-0.4, -0.2) is 13.0 Å². The van der Waals surface area contributed by atoms with Crippen LogP contribution in [0.5, 0.6) is 0 Å². The Labute approximate surface area is 121 Å². The summed E-state index contributed by atoms with van der Waals surface area (Å²) in [5.41, 5.74) is 3.35. The van der Waals surface area contributed by atoms with Crippen LogP contribution in [0.3, 0.4) is 0 Å². The summed E-state index contributed by atoms with van der Waals surface area (Å²) < 4.78 is 0.983. The highest BCUT2D eigenvalue weighted by Gasteiger charge is 2.10. The number of aryl methyl sites for hydroxylation is 1. The van der Waals surface area contributed by atoms with Gasteiger partial charge >= 0.3 is 0 Å². The molecule has 0 bridgehead atoms. The highest BCUT2D eigenvalue weighted by Crippen LogP contribution is 2.20. The number of halogens is 1. The van der Waals surface area contributed by atoms with Crippen molar-refractivity contribution in [2.75, 3.05) is 17.7 Å². The maximum Gasteiger partial charge on any atom is 0.257 e. The number of nitrogens with one attached hydrogen (secondary N) is 2. The third kappa shape index (κ3) is 3.35. The molecule has 0 aromatic heterocycles. The van der Waals surface area contributed by atoms with E-state index < -0.39 is 0 Å². The second kappa shape index (κ2) is 5.89. The fourth-order valence-corrected chi connectivity index (χ4v) is 2.06. The van der Waals surface area contributed by atoms with Gasteiger partial charge < -0.3 is 10.6 Å². The molecular weight excluding hydrogens is 304 g/mol. The summed E-state index contributed by atoms with van der Waals surface area (Å²) in [7, 11) is 1.81. The topological polar surface area (TPSA) is 41.1 Å². The monoisotopic (exact) mass is 318 g/mol. The van der Waals surface area contributed by atoms with Gasteiger partial charge in [-0.3, -0.25) is 4.79 Å². The fraction of sp³-hybridized carbons (Fsp3) is 0.133. The molecule has 2 aromatic carbocycles. The summed E-state index contributed by atoms with van der Waals surface area (Å²) in [4.78, 5) is 12.2. The van der Waals surface area contributed by atoms with Crippen LogP contribution < -0.4 is 10.6 Å². The zero-order valence-corrected chi connectivity index (χ0v) is 12.4. The summed E-state index contributed by atoms with van der Waals surface area (Å²) in [6.07, 6.45) is 0. The van der Waals surface area contributed by atoms with Gasteiger partial charge in [0.25, 0.3) is 5.91 Å². The van der Waals surface area contributed by atoms with E-state index in [1.807, 2.05) is 56.4 Å². The van der Waals surface area contributed by atoms with Gasteiger partial charge in [-0.25, -0.2) is 0 Å². The summed E-state index contributed by atoms with van der Waals surface area (Å²) >= 11 is 3.36. The second-order valence-electron chi connectivity index (χ2n) is 4.26. The van der Waals surface area contributed by atoms with Crippen LogP contribution in [0, 0.1) is 6.92 Å². The first kappa shape index (κ1) is 13.6. The lowest BCUT2D eigenvalue weighted by Crippen LogP contribution is -2.14. The molecule has 2 N–H and O–H groups in total. The van der Waals surface area contributed by atoms with Crippen molar-refractivity contribution in [3.8, 4) is 0 Å². The fourth-order valence-electron chi connectivity index (χ4n) is 1.79. The zero-order valence-electron chi connectivity index (χ0n) is 10.8. The number of rotatable bonds is 3. The molecule has 4 heteroatoms. The summed E-state index contributed by atoms with van der Waals surface area (Å²) in [6, 6.07) is 13.2. The van der Waals surface area contributed by atoms with Crippen LogP contribution in [0.25, 0.3) is 0 Å². The van der Waals surface area contributed by atoms with E-state index in [4.69, 9.17) is 0 Å². The van der Waals surface area contributed by atoms with E-state index >= 15 is 0 Å². The molecule has 2 aromatic rings. The normalized spacial score (nSPS) is 10.1. The minimum Gasteiger partial charge on any atom is -0.387 e. The summed E-state index contributed by atoms with van der Waals surface area (Å²) in [5.74, 6) is -0.119. The van der Waals surface area contributed by atoms with Crippen LogP contribution in [0.4, 0.5) is 11.4 Å². The second-order valence-corrected chi connectivity index (χ2v) is 5.18. The van der Waals surface area contributed by atoms with Crippen molar-refractivity contribution in [3.05, 3.63) is 58.1 Å². The Morgan fingerprint density at radius 1 is 1.11 bits per heavy atom. The molecule has 0 fully saturated rings. The van der Waals surface area contributed by atoms with Crippen LogP contribution in [0.15, 0.2) is 46.9 Å². The van der Waals surface area contributed by atoms with Gasteiger partial charge in [0.2, 0.25) is 0 Å². The largest absolute Gasteiger partial charge is 0.387 e. The van der Waals surface area contributed by atoms with Crippen molar-refractivity contribution in [2.45, 2.75) is 6.92 Å². The van der Waals surface area contributed by atoms with E-state index in [-0.39, 0.29) is 5.91 Å². The molecule has 1 amide bonds. The van der Waals surface area contributed by atoms with Crippen LogP contribution in [0.1, 0.15) is 15.9 Å². The Kier molecular flexibility index (Phi) is 4.22. The van der Waals surface area contributed by atoms with Crippen LogP contribution >= 0.6 is 15.9 Å². The van der Waals surface area contributed by atoms with E-state index in [0.717, 1.165) is 21.4 Å². The van der Waals surface area contributed by atoms with E-state index in [1.165, 1.54) is 0 Å². The minimum absolute atomic E-state index is 0.119. The molecule has 3 nitrogen and oxygen atoms in total. The lowest BCUT2D eigenvalue weighted by molar-refractivity contribution is 0.102. The van der Waals surface area contributed by atoms with Gasteiger partial charge in [-0.15, -0.1) is 0 Å². The Bertz CT molecular complexity index is 594. The van der Waals surface area contributed by atoms with Crippen LogP contribution in [0.2, 0.25) is 0 Å². The van der Waals surface area contributed by atoms with Gasteiger partial charge in [-0.05, 0) is 48.9 Å². The molecule has 98 valence electrons. The molecule has 0 aliphatic rings. The van der Waals surface area contributed by atoms with Gasteiger partial charge in [0, 0.05) is 22.9 Å². The Hall–Kier alpha value is -1.81. The molecule has 0 heterocycles. The third-order valence-corrected chi connectivity index (χ3v) is 3.32. The first-order chi connectivity index (χ1) is 9.10. The highest BCUT2D eigenvalue weighted by atomic mass is 79.9. The van der Waals surface area contributed by atoms with Crippen molar-refractivity contribution < 1.29 is 4.79 Å². The van der Waals surface area contributed by atoms with Crippen molar-refractivity contribution in [3.63, 3.8) is 0 Å². The van der Waals surface area contributed by atoms with Crippen molar-refractivity contribution in [1.29, 1.82) is 0 Å². The Balaban J connectivity index is 2.22. The predicted molar refractivity (Wildman–Crippen MR) is 82.8 cm³/mol. The Morgan fingerprint density at radius 3 is 2.42 bits per heavy atom. The number of benzene rings is 2. The maximum atomic E-state index is 12.2. The summed E-state index contributed by atoms with van der Waals surface area (Å²) in [5, 5.41) is 5.92. The first-order valence-corrected chi connectivity index (χ1v) is 6.75. The van der Waals surface area contributed by atoms with Crippen molar-refractivity contribution >= 4 is 33.2 Å². The van der Waals surface area contributed by atoms with Crippen molar-refractivity contribution in [2.24, 2.45) is 0 Å². The average molecular weight is 319 g/mol. The SMILES string of the molecule is CNc1cc(C)ccc1C(=O)Nc1ccc(Br)cc1. The standard InChI is InChI=1S/C15H15BrN2O/c1-10-3-8-13(14(9-10)17-2)15(19)18-12-6-4-11(16)5-7-12/h3-9,17H,1-2H3,(H,18,19). The van der Waals surface area contributed by atoms with E-state index in [0.29, 0.717) is 5.56 Å². The van der Waals surface area contributed by atoms with E-state index in [2.05, 4.69) is 26.6 Å².